The molecule has 0 saturated carbocycles. The Bertz CT molecular complexity index is 743. The molecule has 0 aliphatic carbocycles. The third kappa shape index (κ3) is 3.67. The van der Waals surface area contributed by atoms with Crippen molar-refractivity contribution in [2.75, 3.05) is 13.1 Å². The molecule has 1 amide bonds. The van der Waals surface area contributed by atoms with Crippen molar-refractivity contribution >= 4 is 5.91 Å². The molecule has 2 nitrogen and oxygen atoms in total. The molecule has 15 heteroatoms. The summed E-state index contributed by atoms with van der Waals surface area (Å²) in [5.74, 6) is -38.6. The highest BCUT2D eigenvalue weighted by Crippen LogP contribution is 2.62. The van der Waals surface area contributed by atoms with Crippen LogP contribution in [0.2, 0.25) is 0 Å². The molecule has 1 rings (SSSR count). The van der Waals surface area contributed by atoms with E-state index in [1.165, 1.54) is 6.92 Å². The normalized spacial score (nSPS) is 24.0. The minimum atomic E-state index is -7.96. The van der Waals surface area contributed by atoms with E-state index in [1.54, 1.807) is 0 Å². The fourth-order valence-electron chi connectivity index (χ4n) is 3.84. The zero-order chi connectivity index (χ0) is 25.8. The molecular weight excluding hydrogens is 481 g/mol. The third-order valence-corrected chi connectivity index (χ3v) is 5.40. The standard InChI is InChI=1S/C17H19F13NO/c1-4-7-31(11(32)9(2)3)8-5-6-10(31)12(18,19)13(20,21)14(22,23)15(24,25)16(26,27)17(28,29)30/h10H,2,4-8H2,1,3H3/q+1. The first-order chi connectivity index (χ1) is 14.0. The van der Waals surface area contributed by atoms with Gasteiger partial charge in [-0.3, -0.25) is 0 Å². The molecule has 0 aromatic heterocycles. The lowest BCUT2D eigenvalue weighted by molar-refractivity contribution is -0.876. The van der Waals surface area contributed by atoms with E-state index < -0.39 is 83.7 Å². The second kappa shape index (κ2) is 8.05. The molecule has 1 saturated heterocycles. The minimum absolute atomic E-state index is 0.157. The van der Waals surface area contributed by atoms with Crippen molar-refractivity contribution in [3.63, 3.8) is 0 Å². The molecule has 2 atom stereocenters. The molecule has 188 valence electrons. The number of halogens is 13. The second-order valence-electron chi connectivity index (χ2n) is 7.64. The molecule has 1 fully saturated rings. The van der Waals surface area contributed by atoms with Crippen LogP contribution in [0.5, 0.6) is 0 Å². The zero-order valence-electron chi connectivity index (χ0n) is 16.6. The maximum atomic E-state index is 14.8. The van der Waals surface area contributed by atoms with Crippen LogP contribution in [0.3, 0.4) is 0 Å². The molecular formula is C17H19F13NO+. The van der Waals surface area contributed by atoms with Gasteiger partial charge in [0, 0.05) is 18.4 Å². The van der Waals surface area contributed by atoms with Gasteiger partial charge in [0.15, 0.2) is 6.04 Å². The number of likely N-dealkylation sites (tertiary alicyclic amines) is 1. The van der Waals surface area contributed by atoms with Crippen LogP contribution in [0.1, 0.15) is 33.1 Å². The average Bonchev–Trinajstić information content (AvgIpc) is 3.05. The fourth-order valence-corrected chi connectivity index (χ4v) is 3.84. The molecule has 1 aliphatic rings. The van der Waals surface area contributed by atoms with Crippen molar-refractivity contribution in [1.29, 1.82) is 0 Å². The minimum Gasteiger partial charge on any atom is -0.249 e. The highest BCUT2D eigenvalue weighted by molar-refractivity contribution is 5.86. The van der Waals surface area contributed by atoms with Crippen molar-refractivity contribution in [1.82, 2.24) is 0 Å². The Labute approximate surface area is 173 Å². The van der Waals surface area contributed by atoms with Crippen LogP contribution in [0.15, 0.2) is 12.2 Å². The van der Waals surface area contributed by atoms with Crippen molar-refractivity contribution in [2.45, 2.75) is 74.9 Å². The van der Waals surface area contributed by atoms with E-state index in [9.17, 15) is 61.9 Å². The fraction of sp³-hybridized carbons (Fsp3) is 0.824. The predicted octanol–water partition coefficient (Wildman–Crippen LogP) is 6.22. The lowest BCUT2D eigenvalue weighted by Crippen LogP contribution is -2.74. The smallest absolute Gasteiger partial charge is 0.249 e. The highest BCUT2D eigenvalue weighted by atomic mass is 19.4. The van der Waals surface area contributed by atoms with Gasteiger partial charge < -0.3 is 0 Å². The van der Waals surface area contributed by atoms with E-state index in [0.29, 0.717) is 0 Å². The van der Waals surface area contributed by atoms with Gasteiger partial charge in [-0.15, -0.1) is 0 Å². The van der Waals surface area contributed by atoms with Crippen LogP contribution >= 0.6 is 0 Å². The zero-order valence-corrected chi connectivity index (χ0v) is 16.6. The van der Waals surface area contributed by atoms with E-state index in [1.807, 2.05) is 0 Å². The number of amides is 1. The summed E-state index contributed by atoms with van der Waals surface area (Å²) in [4.78, 5) is 12.5. The number of rotatable bonds is 8. The molecule has 1 aliphatic heterocycles. The lowest BCUT2D eigenvalue weighted by atomic mass is 9.88. The number of alkyl halides is 13. The summed E-state index contributed by atoms with van der Waals surface area (Å²) < 4.78 is 174. The summed E-state index contributed by atoms with van der Waals surface area (Å²) in [6, 6.07) is -3.11. The number of hydrogen-bond donors (Lipinski definition) is 0. The summed E-state index contributed by atoms with van der Waals surface area (Å²) >= 11 is 0. The van der Waals surface area contributed by atoms with Gasteiger partial charge in [0.1, 0.15) is 0 Å². The summed E-state index contributed by atoms with van der Waals surface area (Å²) in [5, 5.41) is 0. The van der Waals surface area contributed by atoms with Crippen molar-refractivity contribution in [2.24, 2.45) is 0 Å². The van der Waals surface area contributed by atoms with Crippen LogP contribution in [0.25, 0.3) is 0 Å². The number of carbonyl (C=O) groups excluding carboxylic acids is 1. The maximum absolute atomic E-state index is 14.8. The SMILES string of the molecule is C=C(C)C(=O)[N+]1(CCC)CCCC1C(F)(F)C(F)(F)C(F)(F)C(F)(F)C(F)(F)C(F)(F)F. The summed E-state index contributed by atoms with van der Waals surface area (Å²) in [6.45, 7) is 4.18. The van der Waals surface area contributed by atoms with E-state index in [4.69, 9.17) is 0 Å². The van der Waals surface area contributed by atoms with Gasteiger partial charge in [0.05, 0.1) is 13.1 Å². The van der Waals surface area contributed by atoms with Crippen molar-refractivity contribution < 1.29 is 66.4 Å². The van der Waals surface area contributed by atoms with Gasteiger partial charge in [-0.25, -0.2) is 9.28 Å². The molecule has 0 bridgehead atoms. The third-order valence-electron chi connectivity index (χ3n) is 5.40. The molecule has 32 heavy (non-hydrogen) atoms. The monoisotopic (exact) mass is 500 g/mol. The number of hydrogen-bond acceptors (Lipinski definition) is 1. The molecule has 0 aromatic carbocycles. The summed E-state index contributed by atoms with van der Waals surface area (Å²) in [6.07, 6.45) is -9.17. The van der Waals surface area contributed by atoms with Crippen LogP contribution in [0.4, 0.5) is 57.1 Å². The van der Waals surface area contributed by atoms with Gasteiger partial charge in [0.25, 0.3) is 0 Å². The Kier molecular flexibility index (Phi) is 7.16. The van der Waals surface area contributed by atoms with E-state index >= 15 is 0 Å². The molecule has 2 unspecified atom stereocenters. The van der Waals surface area contributed by atoms with E-state index in [0.717, 1.165) is 6.92 Å². The Morgan fingerprint density at radius 3 is 1.66 bits per heavy atom. The molecule has 0 radical (unpaired) electrons. The first kappa shape index (κ1) is 28.5. The Hall–Kier alpha value is -1.54. The Morgan fingerprint density at radius 1 is 0.844 bits per heavy atom. The number of quaternary nitrogens is 1. The quantitative estimate of drug-likeness (QED) is 0.220. The lowest BCUT2D eigenvalue weighted by Gasteiger charge is -2.45. The first-order valence-corrected chi connectivity index (χ1v) is 9.03. The molecule has 0 N–H and O–H groups in total. The number of carbonyl (C=O) groups is 1. The van der Waals surface area contributed by atoms with Gasteiger partial charge in [-0.2, -0.15) is 57.1 Å². The molecule has 0 aromatic rings. The Morgan fingerprint density at radius 2 is 1.28 bits per heavy atom. The predicted molar refractivity (Wildman–Crippen MR) is 83.9 cm³/mol. The molecule has 0 spiro atoms. The van der Waals surface area contributed by atoms with Crippen LogP contribution in [-0.4, -0.2) is 65.3 Å². The largest absolute Gasteiger partial charge is 0.460 e. The average molecular weight is 500 g/mol. The Balaban J connectivity index is 3.69. The first-order valence-electron chi connectivity index (χ1n) is 9.03. The number of nitrogens with zero attached hydrogens (tertiary/aromatic N) is 1. The van der Waals surface area contributed by atoms with Crippen LogP contribution in [-0.2, 0) is 4.79 Å². The van der Waals surface area contributed by atoms with Crippen LogP contribution in [0, 0.1) is 0 Å². The topological polar surface area (TPSA) is 17.1 Å². The van der Waals surface area contributed by atoms with Gasteiger partial charge in [-0.1, -0.05) is 13.5 Å². The summed E-state index contributed by atoms with van der Waals surface area (Å²) in [7, 11) is 0. The van der Waals surface area contributed by atoms with E-state index in [-0.39, 0.29) is 6.42 Å². The van der Waals surface area contributed by atoms with Gasteiger partial charge >= 0.3 is 41.7 Å². The highest BCUT2D eigenvalue weighted by Gasteiger charge is 2.92. The van der Waals surface area contributed by atoms with E-state index in [2.05, 4.69) is 6.58 Å². The van der Waals surface area contributed by atoms with Gasteiger partial charge in [0.2, 0.25) is 0 Å². The molecule has 1 heterocycles. The van der Waals surface area contributed by atoms with Gasteiger partial charge in [-0.05, 0) is 13.3 Å². The second-order valence-corrected chi connectivity index (χ2v) is 7.64. The maximum Gasteiger partial charge on any atom is 0.460 e. The van der Waals surface area contributed by atoms with Crippen molar-refractivity contribution in [3.05, 3.63) is 12.2 Å². The van der Waals surface area contributed by atoms with Crippen LogP contribution < -0.4 is 0 Å². The van der Waals surface area contributed by atoms with Crippen molar-refractivity contribution in [3.8, 4) is 0 Å². The summed E-state index contributed by atoms with van der Waals surface area (Å²) in [5.41, 5.74) is -0.467.